The first-order valence-electron chi connectivity index (χ1n) is 8.63. The molecule has 1 unspecified atom stereocenters. The predicted octanol–water partition coefficient (Wildman–Crippen LogP) is 4.49. The molecule has 1 amide bonds. The molecule has 1 atom stereocenters. The zero-order valence-corrected chi connectivity index (χ0v) is 15.6. The third-order valence-corrected chi connectivity index (χ3v) is 5.09. The molecule has 0 saturated carbocycles. The van der Waals surface area contributed by atoms with Gasteiger partial charge in [-0.2, -0.15) is 5.10 Å². The van der Waals surface area contributed by atoms with Gasteiger partial charge in [-0.05, 0) is 48.7 Å². The molecule has 0 aliphatic heterocycles. The van der Waals surface area contributed by atoms with Crippen LogP contribution in [0, 0.1) is 0 Å². The van der Waals surface area contributed by atoms with Gasteiger partial charge in [0.25, 0.3) is 5.91 Å². The van der Waals surface area contributed by atoms with E-state index in [0.29, 0.717) is 5.69 Å². The van der Waals surface area contributed by atoms with Gasteiger partial charge in [-0.3, -0.25) is 9.78 Å². The van der Waals surface area contributed by atoms with Crippen molar-refractivity contribution in [1.29, 1.82) is 0 Å². The lowest BCUT2D eigenvalue weighted by Gasteiger charge is -2.14. The van der Waals surface area contributed by atoms with E-state index < -0.39 is 0 Å². The van der Waals surface area contributed by atoms with E-state index in [9.17, 15) is 4.79 Å². The third-order valence-electron chi connectivity index (χ3n) is 4.20. The number of pyridine rings is 1. The number of hydrogen-bond donors (Lipinski definition) is 1. The molecular formula is C21H18N4OS. The predicted molar refractivity (Wildman–Crippen MR) is 107 cm³/mol. The zero-order valence-electron chi connectivity index (χ0n) is 14.7. The molecule has 4 rings (SSSR count). The Morgan fingerprint density at radius 3 is 2.59 bits per heavy atom. The van der Waals surface area contributed by atoms with Crippen LogP contribution in [-0.4, -0.2) is 20.7 Å². The Balaban J connectivity index is 1.69. The van der Waals surface area contributed by atoms with E-state index in [1.165, 1.54) is 0 Å². The Hall–Kier alpha value is -3.25. The molecule has 0 saturated heterocycles. The molecule has 27 heavy (non-hydrogen) atoms. The average molecular weight is 374 g/mol. The maximum Gasteiger partial charge on any atom is 0.270 e. The molecule has 4 aromatic rings. The van der Waals surface area contributed by atoms with Crippen molar-refractivity contribution in [2.45, 2.75) is 13.0 Å². The largest absolute Gasteiger partial charge is 0.343 e. The standard InChI is InChI=1S/C21H18N4OS/c1-15(17-10-5-6-12-22-17)23-21(26)19-14-18(20-11-7-13-27-20)24-25(19)16-8-3-2-4-9-16/h2-15H,1H3,(H,23,26). The summed E-state index contributed by atoms with van der Waals surface area (Å²) < 4.78 is 1.69. The van der Waals surface area contributed by atoms with E-state index in [1.807, 2.05) is 79.0 Å². The summed E-state index contributed by atoms with van der Waals surface area (Å²) in [6.07, 6.45) is 1.72. The van der Waals surface area contributed by atoms with E-state index in [4.69, 9.17) is 0 Å². The number of carbonyl (C=O) groups excluding carboxylic acids is 1. The Morgan fingerprint density at radius 1 is 1.07 bits per heavy atom. The Morgan fingerprint density at radius 2 is 1.89 bits per heavy atom. The second-order valence-electron chi connectivity index (χ2n) is 6.09. The Kier molecular flexibility index (Phi) is 4.80. The minimum Gasteiger partial charge on any atom is -0.343 e. The second-order valence-corrected chi connectivity index (χ2v) is 7.04. The molecule has 0 bridgehead atoms. The van der Waals surface area contributed by atoms with Crippen molar-refractivity contribution in [3.8, 4) is 16.3 Å². The normalized spacial score (nSPS) is 11.9. The number of hydrogen-bond acceptors (Lipinski definition) is 4. The van der Waals surface area contributed by atoms with Crippen molar-refractivity contribution < 1.29 is 4.79 Å². The molecule has 3 heterocycles. The van der Waals surface area contributed by atoms with Crippen molar-refractivity contribution in [2.75, 3.05) is 0 Å². The van der Waals surface area contributed by atoms with Crippen LogP contribution in [0.3, 0.4) is 0 Å². The molecular weight excluding hydrogens is 356 g/mol. The fraction of sp³-hybridized carbons (Fsp3) is 0.0952. The highest BCUT2D eigenvalue weighted by atomic mass is 32.1. The van der Waals surface area contributed by atoms with Gasteiger partial charge >= 0.3 is 0 Å². The maximum absolute atomic E-state index is 13.0. The third kappa shape index (κ3) is 3.66. The molecule has 0 spiro atoms. The highest BCUT2D eigenvalue weighted by Crippen LogP contribution is 2.26. The van der Waals surface area contributed by atoms with Crippen molar-refractivity contribution in [2.24, 2.45) is 0 Å². The lowest BCUT2D eigenvalue weighted by atomic mass is 10.2. The smallest absolute Gasteiger partial charge is 0.270 e. The van der Waals surface area contributed by atoms with Gasteiger partial charge < -0.3 is 5.32 Å². The van der Waals surface area contributed by atoms with Gasteiger partial charge in [0.15, 0.2) is 0 Å². The minimum atomic E-state index is -0.206. The molecule has 134 valence electrons. The molecule has 0 fully saturated rings. The summed E-state index contributed by atoms with van der Waals surface area (Å²) in [5.74, 6) is -0.188. The van der Waals surface area contributed by atoms with E-state index in [1.54, 1.807) is 22.2 Å². The topological polar surface area (TPSA) is 59.8 Å². The van der Waals surface area contributed by atoms with Crippen LogP contribution in [0.4, 0.5) is 0 Å². The summed E-state index contributed by atoms with van der Waals surface area (Å²) in [7, 11) is 0. The summed E-state index contributed by atoms with van der Waals surface area (Å²) in [5.41, 5.74) is 2.93. The van der Waals surface area contributed by atoms with Gasteiger partial charge in [0.1, 0.15) is 11.4 Å². The number of nitrogens with one attached hydrogen (secondary N) is 1. The first-order chi connectivity index (χ1) is 13.2. The SMILES string of the molecule is CC(NC(=O)c1cc(-c2cccs2)nn1-c1ccccc1)c1ccccn1. The van der Waals surface area contributed by atoms with Gasteiger partial charge in [0.05, 0.1) is 22.3 Å². The van der Waals surface area contributed by atoms with E-state index in [0.717, 1.165) is 22.0 Å². The van der Waals surface area contributed by atoms with Crippen LogP contribution < -0.4 is 5.32 Å². The Labute approximate surface area is 161 Å². The van der Waals surface area contributed by atoms with Crippen LogP contribution in [-0.2, 0) is 0 Å². The zero-order chi connectivity index (χ0) is 18.6. The van der Waals surface area contributed by atoms with Crippen LogP contribution >= 0.6 is 11.3 Å². The van der Waals surface area contributed by atoms with E-state index >= 15 is 0 Å². The number of rotatable bonds is 5. The van der Waals surface area contributed by atoms with Crippen LogP contribution in [0.5, 0.6) is 0 Å². The fourth-order valence-electron chi connectivity index (χ4n) is 2.83. The molecule has 0 aliphatic carbocycles. The van der Waals surface area contributed by atoms with Crippen molar-refractivity contribution in [3.63, 3.8) is 0 Å². The average Bonchev–Trinajstić information content (AvgIpc) is 3.39. The lowest BCUT2D eigenvalue weighted by molar-refractivity contribution is 0.0931. The Bertz CT molecular complexity index is 1030. The number of thiophene rings is 1. The van der Waals surface area contributed by atoms with Crippen LogP contribution in [0.1, 0.15) is 29.1 Å². The number of carbonyl (C=O) groups is 1. The van der Waals surface area contributed by atoms with Crippen LogP contribution in [0.15, 0.2) is 78.3 Å². The summed E-state index contributed by atoms with van der Waals surface area (Å²) in [6, 6.07) is 20.9. The van der Waals surface area contributed by atoms with Gasteiger partial charge in [-0.15, -0.1) is 11.3 Å². The minimum absolute atomic E-state index is 0.188. The lowest BCUT2D eigenvalue weighted by Crippen LogP contribution is -2.29. The molecule has 3 aromatic heterocycles. The highest BCUT2D eigenvalue weighted by Gasteiger charge is 2.20. The summed E-state index contributed by atoms with van der Waals surface area (Å²) >= 11 is 1.60. The molecule has 0 radical (unpaired) electrons. The summed E-state index contributed by atoms with van der Waals surface area (Å²) in [4.78, 5) is 18.4. The first kappa shape index (κ1) is 17.2. The molecule has 0 aliphatic rings. The van der Waals surface area contributed by atoms with Crippen molar-refractivity contribution >= 4 is 17.2 Å². The number of amides is 1. The molecule has 1 N–H and O–H groups in total. The number of benzene rings is 1. The number of para-hydroxylation sites is 1. The van der Waals surface area contributed by atoms with Gasteiger partial charge in [-0.25, -0.2) is 4.68 Å². The molecule has 5 nitrogen and oxygen atoms in total. The number of aromatic nitrogens is 3. The van der Waals surface area contributed by atoms with Crippen molar-refractivity contribution in [1.82, 2.24) is 20.1 Å². The van der Waals surface area contributed by atoms with E-state index in [2.05, 4.69) is 15.4 Å². The first-order valence-corrected chi connectivity index (χ1v) is 9.51. The van der Waals surface area contributed by atoms with Crippen molar-refractivity contribution in [3.05, 3.63) is 89.7 Å². The molecule has 6 heteroatoms. The van der Waals surface area contributed by atoms with Crippen LogP contribution in [0.25, 0.3) is 16.3 Å². The fourth-order valence-corrected chi connectivity index (χ4v) is 3.51. The monoisotopic (exact) mass is 374 g/mol. The highest BCUT2D eigenvalue weighted by molar-refractivity contribution is 7.13. The summed E-state index contributed by atoms with van der Waals surface area (Å²) in [5, 5.41) is 9.70. The quantitative estimate of drug-likeness (QED) is 0.560. The molecule has 1 aromatic carbocycles. The number of nitrogens with zero attached hydrogens (tertiary/aromatic N) is 3. The van der Waals surface area contributed by atoms with E-state index in [-0.39, 0.29) is 11.9 Å². The van der Waals surface area contributed by atoms with Gasteiger partial charge in [-0.1, -0.05) is 30.3 Å². The van der Waals surface area contributed by atoms with Crippen LogP contribution in [0.2, 0.25) is 0 Å². The summed E-state index contributed by atoms with van der Waals surface area (Å²) in [6.45, 7) is 1.92. The van der Waals surface area contributed by atoms with Gasteiger partial charge in [0.2, 0.25) is 0 Å². The maximum atomic E-state index is 13.0. The van der Waals surface area contributed by atoms with Gasteiger partial charge in [0, 0.05) is 6.20 Å². The second kappa shape index (κ2) is 7.55.